The van der Waals surface area contributed by atoms with E-state index in [1.807, 2.05) is 19.2 Å². The standard InChI is InChI=1S/C11H19F3N2O2/c1-7(9(17)15-6-11(12,13)14)16-10(3)4-5-18-8(10)2/h7-8,16H,4-6H2,1-3H3,(H,15,17). The number of rotatable bonds is 4. The molecule has 1 heterocycles. The Balaban J connectivity index is 2.45. The maximum absolute atomic E-state index is 12.0. The Morgan fingerprint density at radius 3 is 2.61 bits per heavy atom. The van der Waals surface area contributed by atoms with Crippen LogP contribution in [0.15, 0.2) is 0 Å². The van der Waals surface area contributed by atoms with Crippen LogP contribution >= 0.6 is 0 Å². The molecule has 0 aromatic carbocycles. The lowest BCUT2D eigenvalue weighted by Crippen LogP contribution is -2.56. The first-order valence-corrected chi connectivity index (χ1v) is 5.88. The molecule has 18 heavy (non-hydrogen) atoms. The summed E-state index contributed by atoms with van der Waals surface area (Å²) < 4.78 is 41.3. The molecule has 7 heteroatoms. The van der Waals surface area contributed by atoms with Gasteiger partial charge in [0.15, 0.2) is 0 Å². The van der Waals surface area contributed by atoms with Gasteiger partial charge in [-0.3, -0.25) is 10.1 Å². The molecular weight excluding hydrogens is 249 g/mol. The highest BCUT2D eigenvalue weighted by molar-refractivity contribution is 5.81. The number of carbonyl (C=O) groups is 1. The van der Waals surface area contributed by atoms with E-state index in [0.29, 0.717) is 6.61 Å². The zero-order valence-corrected chi connectivity index (χ0v) is 10.7. The van der Waals surface area contributed by atoms with E-state index in [4.69, 9.17) is 4.74 Å². The van der Waals surface area contributed by atoms with E-state index in [1.54, 1.807) is 6.92 Å². The lowest BCUT2D eigenvalue weighted by atomic mass is 9.93. The number of nitrogens with one attached hydrogen (secondary N) is 2. The molecule has 0 saturated carbocycles. The zero-order chi connectivity index (χ0) is 14.0. The SMILES string of the molecule is CC(NC1(C)CCOC1C)C(=O)NCC(F)(F)F. The van der Waals surface area contributed by atoms with E-state index in [0.717, 1.165) is 6.42 Å². The number of hydrogen-bond donors (Lipinski definition) is 2. The minimum Gasteiger partial charge on any atom is -0.377 e. The fourth-order valence-electron chi connectivity index (χ4n) is 1.93. The van der Waals surface area contributed by atoms with Crippen LogP contribution in [0.5, 0.6) is 0 Å². The van der Waals surface area contributed by atoms with Crippen molar-refractivity contribution in [1.29, 1.82) is 0 Å². The Kier molecular flexibility index (Phi) is 4.61. The molecule has 0 bridgehead atoms. The largest absolute Gasteiger partial charge is 0.405 e. The lowest BCUT2D eigenvalue weighted by molar-refractivity contribution is -0.139. The molecule has 106 valence electrons. The Bertz CT molecular complexity index is 309. The smallest absolute Gasteiger partial charge is 0.377 e. The van der Waals surface area contributed by atoms with E-state index < -0.39 is 24.7 Å². The molecule has 1 aliphatic rings. The summed E-state index contributed by atoms with van der Waals surface area (Å²) in [5.74, 6) is -0.660. The first-order chi connectivity index (χ1) is 8.14. The van der Waals surface area contributed by atoms with Gasteiger partial charge in [-0.2, -0.15) is 13.2 Å². The van der Waals surface area contributed by atoms with Crippen molar-refractivity contribution in [1.82, 2.24) is 10.6 Å². The second-order valence-corrected chi connectivity index (χ2v) is 4.88. The summed E-state index contributed by atoms with van der Waals surface area (Å²) in [5.41, 5.74) is -0.380. The average Bonchev–Trinajstić information content (AvgIpc) is 2.54. The normalized spacial score (nSPS) is 30.2. The predicted octanol–water partition coefficient (Wildman–Crippen LogP) is 1.21. The highest BCUT2D eigenvalue weighted by Gasteiger charge is 2.39. The number of hydrogen-bond acceptors (Lipinski definition) is 3. The number of carbonyl (C=O) groups excluding carboxylic acids is 1. The topological polar surface area (TPSA) is 50.4 Å². The number of halogens is 3. The van der Waals surface area contributed by atoms with Crippen LogP contribution in [0.2, 0.25) is 0 Å². The third-order valence-electron chi connectivity index (χ3n) is 3.29. The summed E-state index contributed by atoms with van der Waals surface area (Å²) in [6.45, 7) is 4.60. The van der Waals surface area contributed by atoms with Crippen molar-refractivity contribution < 1.29 is 22.7 Å². The first kappa shape index (κ1) is 15.2. The van der Waals surface area contributed by atoms with Gasteiger partial charge in [0.2, 0.25) is 5.91 Å². The number of alkyl halides is 3. The van der Waals surface area contributed by atoms with Crippen molar-refractivity contribution >= 4 is 5.91 Å². The van der Waals surface area contributed by atoms with Crippen molar-refractivity contribution in [2.24, 2.45) is 0 Å². The van der Waals surface area contributed by atoms with Crippen molar-refractivity contribution in [2.45, 2.75) is 51.1 Å². The highest BCUT2D eigenvalue weighted by atomic mass is 19.4. The number of amides is 1. The van der Waals surface area contributed by atoms with Gasteiger partial charge in [-0.05, 0) is 27.2 Å². The van der Waals surface area contributed by atoms with Crippen molar-refractivity contribution in [3.05, 3.63) is 0 Å². The molecule has 0 aliphatic carbocycles. The molecule has 1 aliphatic heterocycles. The second kappa shape index (κ2) is 5.44. The summed E-state index contributed by atoms with van der Waals surface area (Å²) in [5, 5.41) is 4.90. The molecule has 1 rings (SSSR count). The summed E-state index contributed by atoms with van der Waals surface area (Å²) in [7, 11) is 0. The van der Waals surface area contributed by atoms with E-state index in [9.17, 15) is 18.0 Å². The molecule has 1 saturated heterocycles. The fraction of sp³-hybridized carbons (Fsp3) is 0.909. The van der Waals surface area contributed by atoms with E-state index >= 15 is 0 Å². The lowest BCUT2D eigenvalue weighted by Gasteiger charge is -2.32. The van der Waals surface area contributed by atoms with Gasteiger partial charge in [0.05, 0.1) is 12.1 Å². The Hall–Kier alpha value is -0.820. The Labute approximate surface area is 104 Å². The van der Waals surface area contributed by atoms with Crippen molar-refractivity contribution in [3.8, 4) is 0 Å². The van der Waals surface area contributed by atoms with Crippen LogP contribution in [0, 0.1) is 0 Å². The molecule has 1 amide bonds. The Morgan fingerprint density at radius 2 is 2.17 bits per heavy atom. The van der Waals surface area contributed by atoms with Crippen molar-refractivity contribution in [3.63, 3.8) is 0 Å². The van der Waals surface area contributed by atoms with Crippen LogP contribution in [-0.2, 0) is 9.53 Å². The monoisotopic (exact) mass is 268 g/mol. The summed E-state index contributed by atoms with van der Waals surface area (Å²) in [4.78, 5) is 11.5. The van der Waals surface area contributed by atoms with Crippen LogP contribution in [0.1, 0.15) is 27.2 Å². The van der Waals surface area contributed by atoms with Gasteiger partial charge in [0.25, 0.3) is 0 Å². The van der Waals surface area contributed by atoms with Crippen LogP contribution in [0.4, 0.5) is 13.2 Å². The van der Waals surface area contributed by atoms with E-state index in [2.05, 4.69) is 5.32 Å². The minimum absolute atomic E-state index is 0.0737. The van der Waals surface area contributed by atoms with Crippen LogP contribution in [0.3, 0.4) is 0 Å². The molecular formula is C11H19F3N2O2. The average molecular weight is 268 g/mol. The molecule has 4 nitrogen and oxygen atoms in total. The van der Waals surface area contributed by atoms with E-state index in [-0.39, 0.29) is 11.6 Å². The van der Waals surface area contributed by atoms with Crippen LogP contribution in [-0.4, -0.2) is 42.9 Å². The minimum atomic E-state index is -4.39. The van der Waals surface area contributed by atoms with Gasteiger partial charge in [0.1, 0.15) is 6.54 Å². The van der Waals surface area contributed by atoms with Gasteiger partial charge in [-0.15, -0.1) is 0 Å². The summed E-state index contributed by atoms with van der Waals surface area (Å²) in [6.07, 6.45) is -3.73. The molecule has 1 fully saturated rings. The van der Waals surface area contributed by atoms with Gasteiger partial charge < -0.3 is 10.1 Å². The highest BCUT2D eigenvalue weighted by Crippen LogP contribution is 2.25. The molecule has 2 N–H and O–H groups in total. The molecule has 3 unspecified atom stereocenters. The second-order valence-electron chi connectivity index (χ2n) is 4.88. The molecule has 3 atom stereocenters. The fourth-order valence-corrected chi connectivity index (χ4v) is 1.93. The van der Waals surface area contributed by atoms with Crippen LogP contribution < -0.4 is 10.6 Å². The maximum atomic E-state index is 12.0. The van der Waals surface area contributed by atoms with Crippen molar-refractivity contribution in [2.75, 3.05) is 13.2 Å². The first-order valence-electron chi connectivity index (χ1n) is 5.88. The predicted molar refractivity (Wildman–Crippen MR) is 60.1 cm³/mol. The maximum Gasteiger partial charge on any atom is 0.405 e. The molecule has 0 radical (unpaired) electrons. The van der Waals surface area contributed by atoms with Gasteiger partial charge in [-0.1, -0.05) is 0 Å². The zero-order valence-electron chi connectivity index (χ0n) is 10.7. The molecule has 0 spiro atoms. The molecule has 0 aromatic rings. The third kappa shape index (κ3) is 4.13. The molecule has 0 aromatic heterocycles. The van der Waals surface area contributed by atoms with E-state index in [1.165, 1.54) is 0 Å². The summed E-state index contributed by atoms with van der Waals surface area (Å²) in [6, 6.07) is -0.693. The van der Waals surface area contributed by atoms with Gasteiger partial charge >= 0.3 is 6.18 Å². The van der Waals surface area contributed by atoms with Gasteiger partial charge in [-0.25, -0.2) is 0 Å². The Morgan fingerprint density at radius 1 is 1.56 bits per heavy atom. The quantitative estimate of drug-likeness (QED) is 0.806. The number of ether oxygens (including phenoxy) is 1. The van der Waals surface area contributed by atoms with Crippen LogP contribution in [0.25, 0.3) is 0 Å². The third-order valence-corrected chi connectivity index (χ3v) is 3.29. The summed E-state index contributed by atoms with van der Waals surface area (Å²) >= 11 is 0. The van der Waals surface area contributed by atoms with Gasteiger partial charge in [0, 0.05) is 12.1 Å².